The third kappa shape index (κ3) is 6.49. The Bertz CT molecular complexity index is 937. The van der Waals surface area contributed by atoms with Crippen LogP contribution in [0.25, 0.3) is 11.3 Å². The fourth-order valence-electron chi connectivity index (χ4n) is 2.72. The van der Waals surface area contributed by atoms with Crippen molar-refractivity contribution in [3.05, 3.63) is 53.9 Å². The number of benzene rings is 2. The van der Waals surface area contributed by atoms with Crippen molar-refractivity contribution < 1.29 is 19.0 Å². The number of aromatic nitrogens is 1. The summed E-state index contributed by atoms with van der Waals surface area (Å²) in [5.74, 6) is 2.29. The van der Waals surface area contributed by atoms with Gasteiger partial charge in [-0.2, -0.15) is 0 Å². The molecule has 0 aliphatic carbocycles. The number of nitrogens with one attached hydrogen (secondary N) is 1. The number of carbonyl (C=O) groups excluding carboxylic acids is 1. The number of thiazole rings is 1. The average molecular weight is 427 g/mol. The molecule has 2 aromatic carbocycles. The zero-order chi connectivity index (χ0) is 21.3. The fraction of sp³-hybridized carbons (Fsp3) is 0.304. The molecule has 158 valence electrons. The maximum atomic E-state index is 12.2. The van der Waals surface area contributed by atoms with Crippen LogP contribution in [-0.4, -0.2) is 30.7 Å². The predicted octanol–water partition coefficient (Wildman–Crippen LogP) is 5.40. The number of methoxy groups -OCH3 is 1. The second-order valence-corrected chi connectivity index (χ2v) is 7.76. The highest BCUT2D eigenvalue weighted by Gasteiger charge is 2.09. The lowest BCUT2D eigenvalue weighted by molar-refractivity contribution is -0.116. The molecule has 0 aliphatic heterocycles. The molecule has 0 bridgehead atoms. The minimum atomic E-state index is -0.0742. The molecule has 3 rings (SSSR count). The van der Waals surface area contributed by atoms with Crippen molar-refractivity contribution in [1.82, 2.24) is 4.98 Å². The van der Waals surface area contributed by atoms with E-state index in [4.69, 9.17) is 14.2 Å². The van der Waals surface area contributed by atoms with Crippen LogP contribution in [0, 0.1) is 0 Å². The van der Waals surface area contributed by atoms with Gasteiger partial charge in [0.05, 0.1) is 25.5 Å². The quantitative estimate of drug-likeness (QED) is 0.439. The number of anilines is 1. The van der Waals surface area contributed by atoms with Crippen LogP contribution < -0.4 is 19.5 Å². The lowest BCUT2D eigenvalue weighted by Gasteiger charge is -2.09. The van der Waals surface area contributed by atoms with Crippen molar-refractivity contribution in [3.8, 4) is 28.5 Å². The number of ether oxygens (including phenoxy) is 3. The first-order chi connectivity index (χ1) is 14.5. The summed E-state index contributed by atoms with van der Waals surface area (Å²) in [6, 6.07) is 15.2. The predicted molar refractivity (Wildman–Crippen MR) is 120 cm³/mol. The third-order valence-corrected chi connectivity index (χ3v) is 4.91. The maximum Gasteiger partial charge on any atom is 0.226 e. The zero-order valence-corrected chi connectivity index (χ0v) is 18.2. The fourth-order valence-corrected chi connectivity index (χ4v) is 3.45. The SMILES string of the molecule is COc1ccc(OCCCC(=O)Nc2nc(-c3ccc(OC(C)C)cc3)cs2)cc1. The smallest absolute Gasteiger partial charge is 0.226 e. The van der Waals surface area contributed by atoms with Crippen LogP contribution in [-0.2, 0) is 4.79 Å². The average Bonchev–Trinajstić information content (AvgIpc) is 3.20. The highest BCUT2D eigenvalue weighted by atomic mass is 32.1. The van der Waals surface area contributed by atoms with Crippen LogP contribution in [0.5, 0.6) is 17.2 Å². The van der Waals surface area contributed by atoms with E-state index < -0.39 is 0 Å². The van der Waals surface area contributed by atoms with Gasteiger partial charge in [-0.15, -0.1) is 11.3 Å². The van der Waals surface area contributed by atoms with E-state index in [0.717, 1.165) is 28.5 Å². The molecule has 1 heterocycles. The molecule has 0 atom stereocenters. The molecule has 1 N–H and O–H groups in total. The lowest BCUT2D eigenvalue weighted by atomic mass is 10.2. The number of hydrogen-bond acceptors (Lipinski definition) is 6. The number of rotatable bonds is 10. The summed E-state index contributed by atoms with van der Waals surface area (Å²) in [6.07, 6.45) is 1.12. The first-order valence-corrected chi connectivity index (χ1v) is 10.7. The normalized spacial score (nSPS) is 10.7. The van der Waals surface area contributed by atoms with E-state index in [2.05, 4.69) is 10.3 Å². The third-order valence-electron chi connectivity index (χ3n) is 4.15. The van der Waals surface area contributed by atoms with Crippen molar-refractivity contribution in [2.45, 2.75) is 32.8 Å². The molecule has 3 aromatic rings. The molecule has 0 saturated heterocycles. The van der Waals surface area contributed by atoms with Gasteiger partial charge in [-0.1, -0.05) is 0 Å². The molecule has 1 amide bonds. The van der Waals surface area contributed by atoms with Gasteiger partial charge in [0.15, 0.2) is 5.13 Å². The van der Waals surface area contributed by atoms with Gasteiger partial charge in [-0.3, -0.25) is 4.79 Å². The second kappa shape index (κ2) is 10.6. The van der Waals surface area contributed by atoms with Crippen molar-refractivity contribution in [3.63, 3.8) is 0 Å². The van der Waals surface area contributed by atoms with Crippen LogP contribution in [0.2, 0.25) is 0 Å². The molecule has 0 unspecified atom stereocenters. The Balaban J connectivity index is 1.43. The topological polar surface area (TPSA) is 69.7 Å². The number of amides is 1. The van der Waals surface area contributed by atoms with Crippen LogP contribution in [0.1, 0.15) is 26.7 Å². The Labute approximate surface area is 180 Å². The van der Waals surface area contributed by atoms with E-state index in [-0.39, 0.29) is 12.0 Å². The highest BCUT2D eigenvalue weighted by Crippen LogP contribution is 2.27. The molecule has 6 nitrogen and oxygen atoms in total. The summed E-state index contributed by atoms with van der Waals surface area (Å²) < 4.78 is 16.4. The van der Waals surface area contributed by atoms with E-state index in [1.54, 1.807) is 7.11 Å². The Morgan fingerprint density at radius 3 is 2.37 bits per heavy atom. The summed E-state index contributed by atoms with van der Waals surface area (Å²) in [7, 11) is 1.62. The molecular weight excluding hydrogens is 400 g/mol. The Kier molecular flexibility index (Phi) is 7.68. The van der Waals surface area contributed by atoms with Gasteiger partial charge in [0.1, 0.15) is 17.2 Å². The maximum absolute atomic E-state index is 12.2. The van der Waals surface area contributed by atoms with Crippen LogP contribution in [0.4, 0.5) is 5.13 Å². The van der Waals surface area contributed by atoms with Gasteiger partial charge < -0.3 is 19.5 Å². The largest absolute Gasteiger partial charge is 0.497 e. The molecule has 0 spiro atoms. The van der Waals surface area contributed by atoms with Crippen molar-refractivity contribution in [2.24, 2.45) is 0 Å². The Morgan fingerprint density at radius 2 is 1.70 bits per heavy atom. The van der Waals surface area contributed by atoms with Crippen molar-refractivity contribution in [2.75, 3.05) is 19.0 Å². The summed E-state index contributed by atoms with van der Waals surface area (Å²) in [4.78, 5) is 16.7. The zero-order valence-electron chi connectivity index (χ0n) is 17.4. The van der Waals surface area contributed by atoms with Gasteiger partial charge in [0.25, 0.3) is 0 Å². The highest BCUT2D eigenvalue weighted by molar-refractivity contribution is 7.14. The van der Waals surface area contributed by atoms with E-state index in [1.807, 2.05) is 67.8 Å². The Hall–Kier alpha value is -3.06. The first kappa shape index (κ1) is 21.6. The number of hydrogen-bond donors (Lipinski definition) is 1. The first-order valence-electron chi connectivity index (χ1n) is 9.83. The number of nitrogens with zero attached hydrogens (tertiary/aromatic N) is 1. The summed E-state index contributed by atoms with van der Waals surface area (Å²) in [6.45, 7) is 4.46. The standard InChI is InChI=1S/C23H26N2O4S/c1-16(2)29-20-8-6-17(7-9-20)21-15-30-23(24-21)25-22(26)5-4-14-28-19-12-10-18(27-3)11-13-19/h6-13,15-16H,4-5,14H2,1-3H3,(H,24,25,26). The van der Waals surface area contributed by atoms with Crippen molar-refractivity contribution in [1.29, 1.82) is 0 Å². The summed E-state index contributed by atoms with van der Waals surface area (Å²) in [5.41, 5.74) is 1.81. The van der Waals surface area contributed by atoms with Gasteiger partial charge in [0.2, 0.25) is 5.91 Å². The lowest BCUT2D eigenvalue weighted by Crippen LogP contribution is -2.12. The molecule has 0 aliphatic rings. The summed E-state index contributed by atoms with van der Waals surface area (Å²) >= 11 is 1.41. The van der Waals surface area contributed by atoms with Crippen LogP contribution >= 0.6 is 11.3 Å². The van der Waals surface area contributed by atoms with Gasteiger partial charge >= 0.3 is 0 Å². The van der Waals surface area contributed by atoms with Crippen LogP contribution in [0.3, 0.4) is 0 Å². The van der Waals surface area contributed by atoms with E-state index in [0.29, 0.717) is 24.6 Å². The number of carbonyl (C=O) groups is 1. The van der Waals surface area contributed by atoms with E-state index in [1.165, 1.54) is 11.3 Å². The molecule has 0 radical (unpaired) electrons. The van der Waals surface area contributed by atoms with Gasteiger partial charge in [-0.05, 0) is 68.8 Å². The van der Waals surface area contributed by atoms with E-state index >= 15 is 0 Å². The van der Waals surface area contributed by atoms with Gasteiger partial charge in [-0.25, -0.2) is 4.98 Å². The monoisotopic (exact) mass is 426 g/mol. The molecule has 1 aromatic heterocycles. The second-order valence-electron chi connectivity index (χ2n) is 6.90. The van der Waals surface area contributed by atoms with Gasteiger partial charge in [0, 0.05) is 17.4 Å². The Morgan fingerprint density at radius 1 is 1.03 bits per heavy atom. The molecule has 0 saturated carbocycles. The van der Waals surface area contributed by atoms with Crippen LogP contribution in [0.15, 0.2) is 53.9 Å². The molecule has 30 heavy (non-hydrogen) atoms. The summed E-state index contributed by atoms with van der Waals surface area (Å²) in [5, 5.41) is 5.38. The minimum absolute atomic E-state index is 0.0742. The molecule has 0 fully saturated rings. The van der Waals surface area contributed by atoms with Crippen molar-refractivity contribution >= 4 is 22.4 Å². The van der Waals surface area contributed by atoms with E-state index in [9.17, 15) is 4.79 Å². The molecular formula is C23H26N2O4S. The minimum Gasteiger partial charge on any atom is -0.497 e. The molecule has 7 heteroatoms.